The lowest BCUT2D eigenvalue weighted by Crippen LogP contribution is -2.48. The van der Waals surface area contributed by atoms with E-state index in [0.29, 0.717) is 38.4 Å². The lowest BCUT2D eigenvalue weighted by atomic mass is 9.85. The zero-order chi connectivity index (χ0) is 18.1. The highest BCUT2D eigenvalue weighted by atomic mass is 16.2. The highest BCUT2D eigenvalue weighted by Gasteiger charge is 2.25. The second kappa shape index (κ2) is 10.4. The van der Waals surface area contributed by atoms with Crippen LogP contribution < -0.4 is 10.6 Å². The van der Waals surface area contributed by atoms with Crippen LogP contribution in [0, 0.1) is 5.92 Å². The Hall–Kier alpha value is -1.59. The fraction of sp³-hybridized carbons (Fsp3) is 0.842. The van der Waals surface area contributed by atoms with Crippen molar-refractivity contribution in [3.63, 3.8) is 0 Å². The van der Waals surface area contributed by atoms with Crippen molar-refractivity contribution in [3.8, 4) is 0 Å². The van der Waals surface area contributed by atoms with Gasteiger partial charge in [0.2, 0.25) is 11.8 Å². The van der Waals surface area contributed by atoms with Gasteiger partial charge in [0.15, 0.2) is 5.96 Å². The third-order valence-electron chi connectivity index (χ3n) is 5.35. The number of amides is 2. The first-order valence-electron chi connectivity index (χ1n) is 9.90. The summed E-state index contributed by atoms with van der Waals surface area (Å²) in [6.07, 6.45) is 11.0. The van der Waals surface area contributed by atoms with Crippen molar-refractivity contribution in [2.24, 2.45) is 10.9 Å². The monoisotopic (exact) mass is 350 g/mol. The highest BCUT2D eigenvalue weighted by Crippen LogP contribution is 2.27. The van der Waals surface area contributed by atoms with E-state index in [1.807, 2.05) is 0 Å². The number of imide groups is 1. The molecule has 1 atom stereocenters. The van der Waals surface area contributed by atoms with Crippen LogP contribution >= 0.6 is 0 Å². The highest BCUT2D eigenvalue weighted by molar-refractivity contribution is 5.97. The maximum Gasteiger partial charge on any atom is 0.229 e. The molecule has 1 unspecified atom stereocenters. The molecule has 2 aliphatic rings. The Balaban J connectivity index is 1.65. The first-order valence-corrected chi connectivity index (χ1v) is 9.90. The van der Waals surface area contributed by atoms with Crippen molar-refractivity contribution in [3.05, 3.63) is 0 Å². The quantitative estimate of drug-likeness (QED) is 0.420. The summed E-state index contributed by atoms with van der Waals surface area (Å²) in [4.78, 5) is 29.2. The summed E-state index contributed by atoms with van der Waals surface area (Å²) in [7, 11) is 1.75. The van der Waals surface area contributed by atoms with Gasteiger partial charge in [-0.1, -0.05) is 32.1 Å². The number of piperidine rings is 1. The molecule has 0 spiro atoms. The predicted octanol–water partition coefficient (Wildman–Crippen LogP) is 2.44. The number of nitrogens with zero attached hydrogens (tertiary/aromatic N) is 2. The second-order valence-electron chi connectivity index (χ2n) is 7.42. The molecule has 2 fully saturated rings. The lowest BCUT2D eigenvalue weighted by molar-refractivity contribution is -0.147. The van der Waals surface area contributed by atoms with Gasteiger partial charge in [-0.25, -0.2) is 0 Å². The van der Waals surface area contributed by atoms with E-state index in [4.69, 9.17) is 0 Å². The van der Waals surface area contributed by atoms with E-state index >= 15 is 0 Å². The zero-order valence-corrected chi connectivity index (χ0v) is 15.9. The van der Waals surface area contributed by atoms with E-state index in [9.17, 15) is 9.59 Å². The van der Waals surface area contributed by atoms with Crippen molar-refractivity contribution in [2.75, 3.05) is 20.1 Å². The SMILES string of the molecule is CN=C(NCCN1C(=O)CCCC1=O)NC(C)CCC1CCCCC1. The number of aliphatic imine (C=N–C) groups is 1. The number of likely N-dealkylation sites (tertiary alicyclic amines) is 1. The van der Waals surface area contributed by atoms with Crippen molar-refractivity contribution < 1.29 is 9.59 Å². The summed E-state index contributed by atoms with van der Waals surface area (Å²) in [5.41, 5.74) is 0. The maximum atomic E-state index is 11.8. The predicted molar refractivity (Wildman–Crippen MR) is 100 cm³/mol. The van der Waals surface area contributed by atoms with Gasteiger partial charge in [-0.3, -0.25) is 19.5 Å². The lowest BCUT2D eigenvalue weighted by Gasteiger charge is -2.26. The topological polar surface area (TPSA) is 73.8 Å². The third kappa shape index (κ3) is 6.67. The molecule has 0 bridgehead atoms. The first-order chi connectivity index (χ1) is 12.1. The molecule has 2 amide bonds. The van der Waals surface area contributed by atoms with Gasteiger partial charge in [0.05, 0.1) is 0 Å². The minimum absolute atomic E-state index is 0.0538. The number of carbonyl (C=O) groups is 2. The van der Waals surface area contributed by atoms with Crippen LogP contribution in [0.25, 0.3) is 0 Å². The smallest absolute Gasteiger partial charge is 0.229 e. The van der Waals surface area contributed by atoms with E-state index < -0.39 is 0 Å². The van der Waals surface area contributed by atoms with E-state index in [1.54, 1.807) is 7.05 Å². The standard InChI is InChI=1S/C19H34N4O2/c1-15(11-12-16-7-4-3-5-8-16)22-19(20-2)21-13-14-23-17(24)9-6-10-18(23)25/h15-16H,3-14H2,1-2H3,(H2,20,21,22). The average Bonchev–Trinajstić information content (AvgIpc) is 2.62. The molecule has 1 heterocycles. The molecular weight excluding hydrogens is 316 g/mol. The van der Waals surface area contributed by atoms with Crippen LogP contribution in [0.4, 0.5) is 0 Å². The largest absolute Gasteiger partial charge is 0.355 e. The molecule has 6 heteroatoms. The van der Waals surface area contributed by atoms with Crippen molar-refractivity contribution in [2.45, 2.75) is 77.2 Å². The number of hydrogen-bond donors (Lipinski definition) is 2. The number of rotatable bonds is 7. The number of hydrogen-bond acceptors (Lipinski definition) is 3. The summed E-state index contributed by atoms with van der Waals surface area (Å²) >= 11 is 0. The Morgan fingerprint density at radius 2 is 1.84 bits per heavy atom. The van der Waals surface area contributed by atoms with Gasteiger partial charge in [0, 0.05) is 39.0 Å². The molecule has 1 saturated heterocycles. The van der Waals surface area contributed by atoms with Gasteiger partial charge >= 0.3 is 0 Å². The van der Waals surface area contributed by atoms with Crippen LogP contribution in [0.2, 0.25) is 0 Å². The molecule has 1 aliphatic heterocycles. The Labute approximate surface area is 151 Å². The van der Waals surface area contributed by atoms with Crippen molar-refractivity contribution in [1.29, 1.82) is 0 Å². The fourth-order valence-electron chi connectivity index (χ4n) is 3.80. The number of carbonyl (C=O) groups excluding carboxylic acids is 2. The normalized spacial score (nSPS) is 21.4. The second-order valence-corrected chi connectivity index (χ2v) is 7.42. The minimum atomic E-state index is -0.0538. The summed E-state index contributed by atoms with van der Waals surface area (Å²) in [5, 5.41) is 6.64. The van der Waals surface area contributed by atoms with Crippen LogP contribution in [-0.2, 0) is 9.59 Å². The van der Waals surface area contributed by atoms with Gasteiger partial charge in [-0.05, 0) is 32.1 Å². The number of nitrogens with one attached hydrogen (secondary N) is 2. The van der Waals surface area contributed by atoms with E-state index in [-0.39, 0.29) is 11.8 Å². The summed E-state index contributed by atoms with van der Waals surface area (Å²) in [6, 6.07) is 0.367. The minimum Gasteiger partial charge on any atom is -0.355 e. The Morgan fingerprint density at radius 1 is 1.16 bits per heavy atom. The zero-order valence-electron chi connectivity index (χ0n) is 15.9. The van der Waals surface area contributed by atoms with Crippen molar-refractivity contribution in [1.82, 2.24) is 15.5 Å². The van der Waals surface area contributed by atoms with Crippen LogP contribution in [0.15, 0.2) is 4.99 Å². The fourth-order valence-corrected chi connectivity index (χ4v) is 3.80. The van der Waals surface area contributed by atoms with E-state index in [1.165, 1.54) is 43.4 Å². The molecule has 2 rings (SSSR count). The molecule has 142 valence electrons. The van der Waals surface area contributed by atoms with Crippen molar-refractivity contribution >= 4 is 17.8 Å². The Bertz CT molecular complexity index is 456. The first kappa shape index (κ1) is 19.7. The molecule has 0 radical (unpaired) electrons. The van der Waals surface area contributed by atoms with Gasteiger partial charge < -0.3 is 10.6 Å². The number of guanidine groups is 1. The molecule has 0 aromatic rings. The Morgan fingerprint density at radius 3 is 2.48 bits per heavy atom. The third-order valence-corrected chi connectivity index (χ3v) is 5.35. The van der Waals surface area contributed by atoms with Crippen LogP contribution in [0.5, 0.6) is 0 Å². The molecule has 1 aliphatic carbocycles. The van der Waals surface area contributed by atoms with E-state index in [0.717, 1.165) is 18.3 Å². The Kier molecular flexibility index (Phi) is 8.22. The van der Waals surface area contributed by atoms with Gasteiger partial charge in [0.25, 0.3) is 0 Å². The average molecular weight is 351 g/mol. The molecular formula is C19H34N4O2. The molecule has 0 aromatic heterocycles. The molecule has 25 heavy (non-hydrogen) atoms. The van der Waals surface area contributed by atoms with Gasteiger partial charge in [-0.2, -0.15) is 0 Å². The van der Waals surface area contributed by atoms with Crippen LogP contribution in [-0.4, -0.2) is 48.9 Å². The van der Waals surface area contributed by atoms with Crippen LogP contribution in [0.3, 0.4) is 0 Å². The molecule has 2 N–H and O–H groups in total. The maximum absolute atomic E-state index is 11.8. The molecule has 1 saturated carbocycles. The van der Waals surface area contributed by atoms with Gasteiger partial charge in [-0.15, -0.1) is 0 Å². The summed E-state index contributed by atoms with van der Waals surface area (Å²) in [5.74, 6) is 1.53. The summed E-state index contributed by atoms with van der Waals surface area (Å²) < 4.78 is 0. The summed E-state index contributed by atoms with van der Waals surface area (Å²) in [6.45, 7) is 3.13. The van der Waals surface area contributed by atoms with Crippen LogP contribution in [0.1, 0.15) is 71.1 Å². The molecule has 6 nitrogen and oxygen atoms in total. The molecule has 0 aromatic carbocycles. The van der Waals surface area contributed by atoms with Gasteiger partial charge in [0.1, 0.15) is 0 Å². The van der Waals surface area contributed by atoms with E-state index in [2.05, 4.69) is 22.5 Å².